The first-order valence-corrected chi connectivity index (χ1v) is 2.81. The fraction of sp³-hybridized carbons (Fsp3) is 0.667. The fourth-order valence-corrected chi connectivity index (χ4v) is 0.356. The highest BCUT2D eigenvalue weighted by atomic mass is 16.5. The Morgan fingerprint density at radius 1 is 1.50 bits per heavy atom. The number of carbonyl (C=O) groups is 2. The minimum atomic E-state index is -1.49. The minimum absolute atomic E-state index is 0.403. The Morgan fingerprint density at radius 2 is 1.90 bits per heavy atom. The lowest BCUT2D eigenvalue weighted by Crippen LogP contribution is -2.51. The summed E-state index contributed by atoms with van der Waals surface area (Å²) in [5.41, 5.74) is 3.80. The van der Waals surface area contributed by atoms with Crippen LogP contribution in [-0.2, 0) is 14.3 Å². The average Bonchev–Trinajstić information content (AvgIpc) is 1.86. The molecule has 4 nitrogen and oxygen atoms in total. The van der Waals surface area contributed by atoms with Crippen molar-refractivity contribution in [2.24, 2.45) is 5.73 Å². The summed E-state index contributed by atoms with van der Waals surface area (Å²) in [4.78, 5) is 21.3. The Bertz CT molecular complexity index is 162. The maximum Gasteiger partial charge on any atom is 0.333 e. The van der Waals surface area contributed by atoms with Gasteiger partial charge < -0.3 is 10.5 Å². The van der Waals surface area contributed by atoms with Gasteiger partial charge in [0.25, 0.3) is 0 Å². The molecular weight excluding hydrogens is 134 g/mol. The first-order valence-electron chi connectivity index (χ1n) is 2.81. The van der Waals surface area contributed by atoms with E-state index in [4.69, 9.17) is 5.73 Å². The fourth-order valence-electron chi connectivity index (χ4n) is 0.356. The SMILES string of the molecule is COC(=O)C(C)(N)C(C)=O. The van der Waals surface area contributed by atoms with Crippen LogP contribution in [-0.4, -0.2) is 24.4 Å². The Labute approximate surface area is 59.3 Å². The minimum Gasteiger partial charge on any atom is -0.467 e. The van der Waals surface area contributed by atoms with E-state index in [9.17, 15) is 9.59 Å². The van der Waals surface area contributed by atoms with Crippen LogP contribution in [0.4, 0.5) is 0 Å². The predicted molar refractivity (Wildman–Crippen MR) is 35.3 cm³/mol. The second-order valence-electron chi connectivity index (χ2n) is 2.25. The van der Waals surface area contributed by atoms with Crippen molar-refractivity contribution in [3.05, 3.63) is 0 Å². The molecule has 0 saturated carbocycles. The molecule has 0 saturated heterocycles. The monoisotopic (exact) mass is 145 g/mol. The number of carbonyl (C=O) groups excluding carboxylic acids is 2. The van der Waals surface area contributed by atoms with Gasteiger partial charge in [0.1, 0.15) is 0 Å². The van der Waals surface area contributed by atoms with Crippen LogP contribution in [0.25, 0.3) is 0 Å². The molecule has 0 rings (SSSR count). The van der Waals surface area contributed by atoms with Crippen molar-refractivity contribution in [3.63, 3.8) is 0 Å². The molecule has 10 heavy (non-hydrogen) atoms. The molecule has 0 bridgehead atoms. The van der Waals surface area contributed by atoms with Crippen molar-refractivity contribution in [3.8, 4) is 0 Å². The third-order valence-corrected chi connectivity index (χ3v) is 1.34. The van der Waals surface area contributed by atoms with Gasteiger partial charge in [-0.25, -0.2) is 4.79 Å². The Morgan fingerprint density at radius 3 is 2.00 bits per heavy atom. The molecule has 58 valence electrons. The summed E-state index contributed by atoms with van der Waals surface area (Å²) in [6, 6.07) is 0. The summed E-state index contributed by atoms with van der Waals surface area (Å²) in [5.74, 6) is -1.11. The third-order valence-electron chi connectivity index (χ3n) is 1.34. The van der Waals surface area contributed by atoms with Crippen LogP contribution in [0.15, 0.2) is 0 Å². The number of Topliss-reactive ketones (excluding diaryl/α,β-unsaturated/α-hetero) is 1. The highest BCUT2D eigenvalue weighted by molar-refractivity contribution is 6.06. The van der Waals surface area contributed by atoms with Crippen molar-refractivity contribution >= 4 is 11.8 Å². The molecule has 0 radical (unpaired) electrons. The summed E-state index contributed by atoms with van der Waals surface area (Å²) in [7, 11) is 1.19. The van der Waals surface area contributed by atoms with Gasteiger partial charge in [-0.15, -0.1) is 0 Å². The van der Waals surface area contributed by atoms with E-state index in [1.54, 1.807) is 0 Å². The Kier molecular flexibility index (Phi) is 2.54. The summed E-state index contributed by atoms with van der Waals surface area (Å²) in [6.07, 6.45) is 0. The first kappa shape index (κ1) is 9.10. The highest BCUT2D eigenvalue weighted by Gasteiger charge is 2.34. The van der Waals surface area contributed by atoms with E-state index in [-0.39, 0.29) is 0 Å². The van der Waals surface area contributed by atoms with Crippen molar-refractivity contribution in [2.75, 3.05) is 7.11 Å². The lowest BCUT2D eigenvalue weighted by atomic mass is 10.00. The number of hydrogen-bond donors (Lipinski definition) is 1. The lowest BCUT2D eigenvalue weighted by Gasteiger charge is -2.16. The van der Waals surface area contributed by atoms with E-state index in [1.165, 1.54) is 21.0 Å². The summed E-state index contributed by atoms with van der Waals surface area (Å²) in [5, 5.41) is 0. The van der Waals surface area contributed by atoms with Crippen LogP contribution >= 0.6 is 0 Å². The van der Waals surface area contributed by atoms with E-state index in [0.29, 0.717) is 0 Å². The maximum atomic E-state index is 10.7. The normalized spacial score (nSPS) is 15.6. The van der Waals surface area contributed by atoms with Gasteiger partial charge in [0.2, 0.25) is 0 Å². The van der Waals surface area contributed by atoms with Crippen LogP contribution in [0.3, 0.4) is 0 Å². The Hall–Kier alpha value is -0.900. The van der Waals surface area contributed by atoms with E-state index in [0.717, 1.165) is 0 Å². The summed E-state index contributed by atoms with van der Waals surface area (Å²) in [6.45, 7) is 2.57. The van der Waals surface area contributed by atoms with Crippen molar-refractivity contribution in [2.45, 2.75) is 19.4 Å². The van der Waals surface area contributed by atoms with Gasteiger partial charge in [-0.05, 0) is 13.8 Å². The maximum absolute atomic E-state index is 10.7. The molecule has 2 N–H and O–H groups in total. The lowest BCUT2D eigenvalue weighted by molar-refractivity contribution is -0.149. The van der Waals surface area contributed by atoms with Crippen LogP contribution in [0.1, 0.15) is 13.8 Å². The van der Waals surface area contributed by atoms with Crippen molar-refractivity contribution in [1.29, 1.82) is 0 Å². The molecule has 0 aromatic rings. The largest absolute Gasteiger partial charge is 0.467 e. The van der Waals surface area contributed by atoms with Gasteiger partial charge >= 0.3 is 5.97 Å². The van der Waals surface area contributed by atoms with Crippen LogP contribution in [0.5, 0.6) is 0 Å². The zero-order chi connectivity index (χ0) is 8.36. The number of methoxy groups -OCH3 is 1. The second kappa shape index (κ2) is 2.79. The van der Waals surface area contributed by atoms with Gasteiger partial charge in [-0.2, -0.15) is 0 Å². The van der Waals surface area contributed by atoms with Crippen molar-refractivity contribution in [1.82, 2.24) is 0 Å². The molecule has 1 atom stereocenters. The molecule has 0 fully saturated rings. The molecule has 1 unspecified atom stereocenters. The number of rotatable bonds is 2. The number of esters is 1. The summed E-state index contributed by atoms with van der Waals surface area (Å²) >= 11 is 0. The second-order valence-corrected chi connectivity index (χ2v) is 2.25. The number of ether oxygens (including phenoxy) is 1. The van der Waals surface area contributed by atoms with E-state index in [1.807, 2.05) is 0 Å². The average molecular weight is 145 g/mol. The van der Waals surface area contributed by atoms with E-state index < -0.39 is 17.3 Å². The van der Waals surface area contributed by atoms with Gasteiger partial charge in [-0.1, -0.05) is 0 Å². The van der Waals surface area contributed by atoms with Crippen LogP contribution in [0, 0.1) is 0 Å². The zero-order valence-corrected chi connectivity index (χ0v) is 6.30. The highest BCUT2D eigenvalue weighted by Crippen LogP contribution is 2.02. The smallest absolute Gasteiger partial charge is 0.333 e. The Balaban J connectivity index is 4.40. The molecule has 0 aliphatic heterocycles. The third kappa shape index (κ3) is 1.54. The molecule has 0 spiro atoms. The number of ketones is 1. The standard InChI is InChI=1S/C6H11NO3/c1-4(8)6(2,7)5(9)10-3/h7H2,1-3H3. The molecule has 0 amide bonds. The number of hydrogen-bond acceptors (Lipinski definition) is 4. The molecule has 0 heterocycles. The van der Waals surface area contributed by atoms with Gasteiger partial charge in [0.15, 0.2) is 11.3 Å². The van der Waals surface area contributed by atoms with E-state index >= 15 is 0 Å². The van der Waals surface area contributed by atoms with Gasteiger partial charge in [0, 0.05) is 0 Å². The van der Waals surface area contributed by atoms with Gasteiger partial charge in [0.05, 0.1) is 7.11 Å². The molecule has 4 heteroatoms. The van der Waals surface area contributed by atoms with Crippen molar-refractivity contribution < 1.29 is 14.3 Å². The van der Waals surface area contributed by atoms with Crippen LogP contribution in [0.2, 0.25) is 0 Å². The molecular formula is C6H11NO3. The zero-order valence-electron chi connectivity index (χ0n) is 6.30. The quantitative estimate of drug-likeness (QED) is 0.418. The predicted octanol–water partition coefficient (Wildman–Crippen LogP) is -0.534. The first-order chi connectivity index (χ1) is 4.42. The number of nitrogens with two attached hydrogens (primary N) is 1. The molecule has 0 aromatic heterocycles. The van der Waals surface area contributed by atoms with Gasteiger partial charge in [-0.3, -0.25) is 4.79 Å². The molecule has 0 aliphatic carbocycles. The van der Waals surface area contributed by atoms with Crippen LogP contribution < -0.4 is 5.73 Å². The van der Waals surface area contributed by atoms with E-state index in [2.05, 4.69) is 4.74 Å². The topological polar surface area (TPSA) is 69.4 Å². The summed E-state index contributed by atoms with van der Waals surface area (Å²) < 4.78 is 4.29. The molecule has 0 aromatic carbocycles. The molecule has 0 aliphatic rings.